The van der Waals surface area contributed by atoms with Crippen LogP contribution in [-0.4, -0.2) is 12.2 Å². The summed E-state index contributed by atoms with van der Waals surface area (Å²) in [6, 6.07) is 5.72. The van der Waals surface area contributed by atoms with E-state index in [9.17, 15) is 5.11 Å². The molecule has 0 heterocycles. The molecule has 0 amide bonds. The third-order valence-electron chi connectivity index (χ3n) is 2.51. The van der Waals surface area contributed by atoms with E-state index >= 15 is 0 Å². The van der Waals surface area contributed by atoms with Gasteiger partial charge in [0.25, 0.3) is 0 Å². The van der Waals surface area contributed by atoms with Crippen LogP contribution in [-0.2, 0) is 11.8 Å². The summed E-state index contributed by atoms with van der Waals surface area (Å²) in [4.78, 5) is 0. The van der Waals surface area contributed by atoms with Crippen LogP contribution in [0.3, 0.4) is 0 Å². The summed E-state index contributed by atoms with van der Waals surface area (Å²) >= 11 is 0. The fraction of sp³-hybridized carbons (Fsp3) is 0.462. The molecule has 0 aliphatic carbocycles. The smallest absolute Gasteiger partial charge is 0.161 e. The lowest BCUT2D eigenvalue weighted by atomic mass is 9.85. The maximum absolute atomic E-state index is 9.83. The molecule has 3 heteroatoms. The van der Waals surface area contributed by atoms with Crippen molar-refractivity contribution >= 4 is 0 Å². The van der Waals surface area contributed by atoms with Crippen LogP contribution in [0.4, 0.5) is 0 Å². The largest absolute Gasteiger partial charge is 0.504 e. The van der Waals surface area contributed by atoms with E-state index in [4.69, 9.17) is 10.00 Å². The number of phenolic OH excluding ortho intramolecular Hbond substituents is 1. The summed E-state index contributed by atoms with van der Waals surface area (Å²) in [7, 11) is 1.51. The van der Waals surface area contributed by atoms with Crippen molar-refractivity contribution in [3.05, 3.63) is 23.3 Å². The molecule has 0 saturated heterocycles. The van der Waals surface area contributed by atoms with Crippen LogP contribution >= 0.6 is 0 Å². The maximum atomic E-state index is 9.83. The number of rotatable bonds is 2. The van der Waals surface area contributed by atoms with Crippen molar-refractivity contribution in [2.45, 2.75) is 32.6 Å². The van der Waals surface area contributed by atoms with Crippen molar-refractivity contribution in [3.63, 3.8) is 0 Å². The van der Waals surface area contributed by atoms with E-state index < -0.39 is 0 Å². The van der Waals surface area contributed by atoms with E-state index in [-0.39, 0.29) is 17.6 Å². The molecule has 86 valence electrons. The van der Waals surface area contributed by atoms with Crippen LogP contribution in [0, 0.1) is 11.3 Å². The molecular formula is C13H17NO2. The van der Waals surface area contributed by atoms with Crippen molar-refractivity contribution in [1.82, 2.24) is 0 Å². The summed E-state index contributed by atoms with van der Waals surface area (Å²) in [6.45, 7) is 6.24. The number of methoxy groups -OCH3 is 1. The topological polar surface area (TPSA) is 53.2 Å². The fourth-order valence-electron chi connectivity index (χ4n) is 1.47. The standard InChI is InChI=1S/C13H17NO2/c1-13(2,3)10-7-9(5-6-14)12(15)11(8-10)16-4/h7-8,15H,5H2,1-4H3. The Morgan fingerprint density at radius 2 is 2.00 bits per heavy atom. The zero-order chi connectivity index (χ0) is 12.3. The van der Waals surface area contributed by atoms with Crippen LogP contribution in [0.25, 0.3) is 0 Å². The molecule has 1 aromatic carbocycles. The van der Waals surface area contributed by atoms with Gasteiger partial charge in [-0.25, -0.2) is 0 Å². The highest BCUT2D eigenvalue weighted by molar-refractivity contribution is 5.50. The van der Waals surface area contributed by atoms with Gasteiger partial charge >= 0.3 is 0 Å². The Morgan fingerprint density at radius 3 is 2.44 bits per heavy atom. The van der Waals surface area contributed by atoms with Gasteiger partial charge in [-0.05, 0) is 17.0 Å². The second-order valence-electron chi connectivity index (χ2n) is 4.77. The second kappa shape index (κ2) is 4.44. The summed E-state index contributed by atoms with van der Waals surface area (Å²) < 4.78 is 5.11. The molecule has 0 unspecified atom stereocenters. The normalized spacial score (nSPS) is 10.9. The third kappa shape index (κ3) is 2.46. The third-order valence-corrected chi connectivity index (χ3v) is 2.51. The average Bonchev–Trinajstić information content (AvgIpc) is 2.19. The Balaban J connectivity index is 3.35. The highest BCUT2D eigenvalue weighted by Gasteiger charge is 2.18. The van der Waals surface area contributed by atoms with Crippen molar-refractivity contribution < 1.29 is 9.84 Å². The van der Waals surface area contributed by atoms with E-state index in [1.165, 1.54) is 7.11 Å². The second-order valence-corrected chi connectivity index (χ2v) is 4.77. The lowest BCUT2D eigenvalue weighted by Gasteiger charge is -2.21. The summed E-state index contributed by atoms with van der Waals surface area (Å²) in [6.07, 6.45) is 0.187. The van der Waals surface area contributed by atoms with Crippen molar-refractivity contribution in [1.29, 1.82) is 5.26 Å². The molecule has 0 radical (unpaired) electrons. The van der Waals surface area contributed by atoms with Crippen LogP contribution in [0.2, 0.25) is 0 Å². The highest BCUT2D eigenvalue weighted by atomic mass is 16.5. The molecule has 0 aliphatic rings. The van der Waals surface area contributed by atoms with E-state index in [0.29, 0.717) is 11.3 Å². The fourth-order valence-corrected chi connectivity index (χ4v) is 1.47. The number of phenols is 1. The van der Waals surface area contributed by atoms with Gasteiger partial charge in [-0.3, -0.25) is 0 Å². The molecule has 16 heavy (non-hydrogen) atoms. The first kappa shape index (κ1) is 12.4. The van der Waals surface area contributed by atoms with Gasteiger partial charge in [-0.2, -0.15) is 5.26 Å². The predicted molar refractivity (Wildman–Crippen MR) is 62.7 cm³/mol. The molecule has 0 saturated carbocycles. The minimum Gasteiger partial charge on any atom is -0.504 e. The molecule has 0 bridgehead atoms. The molecule has 0 aromatic heterocycles. The number of nitrogens with zero attached hydrogens (tertiary/aromatic N) is 1. The van der Waals surface area contributed by atoms with Gasteiger partial charge in [0.05, 0.1) is 19.6 Å². The van der Waals surface area contributed by atoms with Gasteiger partial charge in [0.2, 0.25) is 0 Å². The van der Waals surface area contributed by atoms with E-state index in [2.05, 4.69) is 20.8 Å². The van der Waals surface area contributed by atoms with Gasteiger partial charge in [-0.1, -0.05) is 26.8 Å². The van der Waals surface area contributed by atoms with E-state index in [1.807, 2.05) is 18.2 Å². The van der Waals surface area contributed by atoms with Crippen molar-refractivity contribution in [3.8, 4) is 17.6 Å². The molecule has 0 aliphatic heterocycles. The highest BCUT2D eigenvalue weighted by Crippen LogP contribution is 2.35. The quantitative estimate of drug-likeness (QED) is 0.832. The zero-order valence-electron chi connectivity index (χ0n) is 10.2. The van der Waals surface area contributed by atoms with Gasteiger partial charge < -0.3 is 9.84 Å². The van der Waals surface area contributed by atoms with Gasteiger partial charge in [0, 0.05) is 5.56 Å². The molecule has 0 atom stereocenters. The first-order valence-electron chi connectivity index (χ1n) is 5.17. The predicted octanol–water partition coefficient (Wildman–Crippen LogP) is 2.76. The zero-order valence-corrected chi connectivity index (χ0v) is 10.2. The number of benzene rings is 1. The van der Waals surface area contributed by atoms with E-state index in [0.717, 1.165) is 5.56 Å². The first-order valence-corrected chi connectivity index (χ1v) is 5.17. The number of aromatic hydroxyl groups is 1. The summed E-state index contributed by atoms with van der Waals surface area (Å²) in [5, 5.41) is 18.5. The minimum atomic E-state index is -0.0365. The summed E-state index contributed by atoms with van der Waals surface area (Å²) in [5.74, 6) is 0.495. The Bertz CT molecular complexity index is 425. The lowest BCUT2D eigenvalue weighted by Crippen LogP contribution is -2.11. The van der Waals surface area contributed by atoms with Gasteiger partial charge in [0.1, 0.15) is 0 Å². The number of nitriles is 1. The Labute approximate surface area is 96.3 Å². The first-order chi connectivity index (χ1) is 7.40. The van der Waals surface area contributed by atoms with Crippen LogP contribution in [0.5, 0.6) is 11.5 Å². The van der Waals surface area contributed by atoms with Crippen LogP contribution in [0.1, 0.15) is 31.9 Å². The molecule has 0 fully saturated rings. The molecule has 1 N–H and O–H groups in total. The number of hydrogen-bond donors (Lipinski definition) is 1. The SMILES string of the molecule is COc1cc(C(C)(C)C)cc(CC#N)c1O. The average molecular weight is 219 g/mol. The molecular weight excluding hydrogens is 202 g/mol. The molecule has 1 rings (SSSR count). The Kier molecular flexibility index (Phi) is 3.44. The van der Waals surface area contributed by atoms with Gasteiger partial charge in [-0.15, -0.1) is 0 Å². The van der Waals surface area contributed by atoms with Crippen LogP contribution in [0.15, 0.2) is 12.1 Å². The van der Waals surface area contributed by atoms with Crippen LogP contribution < -0.4 is 4.74 Å². The van der Waals surface area contributed by atoms with Gasteiger partial charge in [0.15, 0.2) is 11.5 Å². The van der Waals surface area contributed by atoms with Crippen molar-refractivity contribution in [2.75, 3.05) is 7.11 Å². The molecule has 0 spiro atoms. The lowest BCUT2D eigenvalue weighted by molar-refractivity contribution is 0.369. The molecule has 1 aromatic rings. The Morgan fingerprint density at radius 1 is 1.38 bits per heavy atom. The van der Waals surface area contributed by atoms with E-state index in [1.54, 1.807) is 0 Å². The minimum absolute atomic E-state index is 0.0365. The Hall–Kier alpha value is -1.69. The maximum Gasteiger partial charge on any atom is 0.161 e. The number of hydrogen-bond acceptors (Lipinski definition) is 3. The van der Waals surface area contributed by atoms with Crippen molar-refractivity contribution in [2.24, 2.45) is 0 Å². The number of ether oxygens (including phenoxy) is 1. The molecule has 3 nitrogen and oxygen atoms in total. The summed E-state index contributed by atoms with van der Waals surface area (Å²) in [5.41, 5.74) is 1.63. The monoisotopic (exact) mass is 219 g/mol.